The maximum absolute atomic E-state index is 13.0. The number of alkyl halides is 3. The topological polar surface area (TPSA) is 54.4 Å². The molecule has 1 aromatic rings. The fraction of sp³-hybridized carbons (Fsp3) is 0.200. The fourth-order valence-electron chi connectivity index (χ4n) is 1.16. The van der Waals surface area contributed by atoms with Crippen LogP contribution in [0.5, 0.6) is 0 Å². The van der Waals surface area contributed by atoms with Crippen LogP contribution in [0.2, 0.25) is 0 Å². The van der Waals surface area contributed by atoms with Crippen LogP contribution in [0.4, 0.5) is 17.6 Å². The Morgan fingerprint density at radius 2 is 1.82 bits per heavy atom. The Balaban J connectivity index is 2.98. The van der Waals surface area contributed by atoms with Crippen LogP contribution in [0.1, 0.15) is 11.1 Å². The molecule has 1 aromatic carbocycles. The summed E-state index contributed by atoms with van der Waals surface area (Å²) in [6.07, 6.45) is -5.47. The summed E-state index contributed by atoms with van der Waals surface area (Å²) in [7, 11) is 0. The third-order valence-electron chi connectivity index (χ3n) is 1.94. The average molecular weight is 250 g/mol. The number of aliphatic carboxylic acids is 1. The molecule has 1 rings (SSSR count). The maximum atomic E-state index is 13.0. The zero-order valence-corrected chi connectivity index (χ0v) is 8.21. The number of carbonyl (C=O) groups is 2. The summed E-state index contributed by atoms with van der Waals surface area (Å²) in [6.45, 7) is 0. The van der Waals surface area contributed by atoms with Gasteiger partial charge >= 0.3 is 12.1 Å². The Morgan fingerprint density at radius 1 is 1.24 bits per heavy atom. The van der Waals surface area contributed by atoms with Crippen LogP contribution in [0.3, 0.4) is 0 Å². The van der Waals surface area contributed by atoms with Crippen LogP contribution in [0.25, 0.3) is 0 Å². The standard InChI is InChI=1S/C10H6F4O3/c11-7-3-5(4-8(15)9(16)17)1-2-6(7)10(12,13)14/h1-3H,4H2,(H,16,17). The first kappa shape index (κ1) is 13.1. The number of carboxylic acids is 1. The number of rotatable bonds is 3. The van der Waals surface area contributed by atoms with Gasteiger partial charge in [0.15, 0.2) is 0 Å². The first-order valence-corrected chi connectivity index (χ1v) is 4.33. The van der Waals surface area contributed by atoms with Crippen LogP contribution < -0.4 is 0 Å². The van der Waals surface area contributed by atoms with Crippen molar-refractivity contribution in [3.8, 4) is 0 Å². The van der Waals surface area contributed by atoms with Gasteiger partial charge in [-0.05, 0) is 17.7 Å². The molecule has 92 valence electrons. The van der Waals surface area contributed by atoms with E-state index in [2.05, 4.69) is 0 Å². The Bertz CT molecular complexity index is 465. The number of carboxylic acid groups (broad SMARTS) is 1. The van der Waals surface area contributed by atoms with Crippen molar-refractivity contribution in [1.29, 1.82) is 0 Å². The van der Waals surface area contributed by atoms with Gasteiger partial charge in [0, 0.05) is 6.42 Å². The highest BCUT2D eigenvalue weighted by molar-refractivity contribution is 6.33. The van der Waals surface area contributed by atoms with Gasteiger partial charge in [-0.25, -0.2) is 9.18 Å². The number of halogens is 4. The SMILES string of the molecule is O=C(O)C(=O)Cc1ccc(C(F)(F)F)c(F)c1. The van der Waals surface area contributed by atoms with Crippen LogP contribution in [-0.2, 0) is 22.2 Å². The van der Waals surface area contributed by atoms with E-state index in [9.17, 15) is 27.2 Å². The van der Waals surface area contributed by atoms with E-state index >= 15 is 0 Å². The van der Waals surface area contributed by atoms with Gasteiger partial charge in [-0.3, -0.25) is 4.79 Å². The van der Waals surface area contributed by atoms with Gasteiger partial charge in [0.2, 0.25) is 5.78 Å². The highest BCUT2D eigenvalue weighted by atomic mass is 19.4. The lowest BCUT2D eigenvalue weighted by atomic mass is 10.1. The third kappa shape index (κ3) is 3.27. The van der Waals surface area contributed by atoms with Crippen molar-refractivity contribution in [2.24, 2.45) is 0 Å². The summed E-state index contributed by atoms with van der Waals surface area (Å²) in [5.74, 6) is -4.47. The highest BCUT2D eigenvalue weighted by Crippen LogP contribution is 2.31. The summed E-state index contributed by atoms with van der Waals surface area (Å²) >= 11 is 0. The molecule has 3 nitrogen and oxygen atoms in total. The molecule has 7 heteroatoms. The average Bonchev–Trinajstić information content (AvgIpc) is 2.15. The molecule has 17 heavy (non-hydrogen) atoms. The van der Waals surface area contributed by atoms with Gasteiger partial charge in [-0.2, -0.15) is 13.2 Å². The predicted molar refractivity (Wildman–Crippen MR) is 47.7 cm³/mol. The van der Waals surface area contributed by atoms with Gasteiger partial charge in [-0.1, -0.05) is 6.07 Å². The van der Waals surface area contributed by atoms with E-state index in [0.717, 1.165) is 6.07 Å². The molecule has 0 fully saturated rings. The fourth-order valence-corrected chi connectivity index (χ4v) is 1.16. The number of hydrogen-bond donors (Lipinski definition) is 1. The monoisotopic (exact) mass is 250 g/mol. The molecule has 0 heterocycles. The lowest BCUT2D eigenvalue weighted by Crippen LogP contribution is -2.15. The Kier molecular flexibility index (Phi) is 3.50. The molecule has 0 spiro atoms. The molecular formula is C10H6F4O3. The van der Waals surface area contributed by atoms with Crippen molar-refractivity contribution in [3.05, 3.63) is 35.1 Å². The van der Waals surface area contributed by atoms with Crippen LogP contribution in [0.15, 0.2) is 18.2 Å². The normalized spacial score (nSPS) is 11.3. The van der Waals surface area contributed by atoms with E-state index in [0.29, 0.717) is 12.1 Å². The first-order valence-electron chi connectivity index (χ1n) is 4.33. The Morgan fingerprint density at radius 3 is 2.24 bits per heavy atom. The highest BCUT2D eigenvalue weighted by Gasteiger charge is 2.34. The van der Waals surface area contributed by atoms with Gasteiger partial charge in [0.25, 0.3) is 0 Å². The summed E-state index contributed by atoms with van der Waals surface area (Å²) < 4.78 is 49.5. The summed E-state index contributed by atoms with van der Waals surface area (Å²) in [5.41, 5.74) is -1.58. The van der Waals surface area contributed by atoms with Gasteiger partial charge in [0.1, 0.15) is 5.82 Å². The molecule has 0 aliphatic heterocycles. The lowest BCUT2D eigenvalue weighted by Gasteiger charge is -2.08. The molecule has 0 amide bonds. The zero-order chi connectivity index (χ0) is 13.2. The molecule has 0 atom stereocenters. The van der Waals surface area contributed by atoms with Crippen molar-refractivity contribution in [2.75, 3.05) is 0 Å². The van der Waals surface area contributed by atoms with Gasteiger partial charge < -0.3 is 5.11 Å². The van der Waals surface area contributed by atoms with Gasteiger partial charge in [-0.15, -0.1) is 0 Å². The second-order valence-corrected chi connectivity index (χ2v) is 3.22. The molecular weight excluding hydrogens is 244 g/mol. The summed E-state index contributed by atoms with van der Waals surface area (Å²) in [4.78, 5) is 21.0. The predicted octanol–water partition coefficient (Wildman–Crippen LogP) is 2.04. The number of ketones is 1. The Labute approximate surface area is 92.7 Å². The number of carbonyl (C=O) groups excluding carboxylic acids is 1. The minimum absolute atomic E-state index is 0.122. The molecule has 0 unspecified atom stereocenters. The molecule has 0 radical (unpaired) electrons. The van der Waals surface area contributed by atoms with Gasteiger partial charge in [0.05, 0.1) is 5.56 Å². The van der Waals surface area contributed by atoms with E-state index in [-0.39, 0.29) is 5.56 Å². The second-order valence-electron chi connectivity index (χ2n) is 3.22. The van der Waals surface area contributed by atoms with Crippen LogP contribution >= 0.6 is 0 Å². The van der Waals surface area contributed by atoms with Crippen LogP contribution in [0, 0.1) is 5.82 Å². The van der Waals surface area contributed by atoms with Crippen molar-refractivity contribution in [1.82, 2.24) is 0 Å². The molecule has 0 bridgehead atoms. The molecule has 0 saturated carbocycles. The Hall–Kier alpha value is -1.92. The van der Waals surface area contributed by atoms with E-state index in [1.54, 1.807) is 0 Å². The molecule has 0 saturated heterocycles. The number of benzene rings is 1. The summed E-state index contributed by atoms with van der Waals surface area (Å²) in [5, 5.41) is 8.27. The van der Waals surface area contributed by atoms with Crippen LogP contribution in [-0.4, -0.2) is 16.9 Å². The molecule has 0 aliphatic carbocycles. The third-order valence-corrected chi connectivity index (χ3v) is 1.94. The largest absolute Gasteiger partial charge is 0.475 e. The van der Waals surface area contributed by atoms with Crippen molar-refractivity contribution < 1.29 is 32.3 Å². The van der Waals surface area contributed by atoms with E-state index < -0.39 is 35.7 Å². The minimum Gasteiger partial charge on any atom is -0.475 e. The second kappa shape index (κ2) is 4.52. The van der Waals surface area contributed by atoms with E-state index in [1.807, 2.05) is 0 Å². The lowest BCUT2D eigenvalue weighted by molar-refractivity contribution is -0.148. The maximum Gasteiger partial charge on any atom is 0.419 e. The number of Topliss-reactive ketones (excluding diaryl/α,β-unsaturated/α-hetero) is 1. The van der Waals surface area contributed by atoms with Crippen molar-refractivity contribution >= 4 is 11.8 Å². The number of hydrogen-bond acceptors (Lipinski definition) is 2. The van der Waals surface area contributed by atoms with E-state index in [1.165, 1.54) is 0 Å². The molecule has 0 aromatic heterocycles. The van der Waals surface area contributed by atoms with E-state index in [4.69, 9.17) is 5.11 Å². The molecule has 0 aliphatic rings. The minimum atomic E-state index is -4.82. The van der Waals surface area contributed by atoms with Crippen molar-refractivity contribution in [3.63, 3.8) is 0 Å². The zero-order valence-electron chi connectivity index (χ0n) is 8.21. The summed E-state index contributed by atoms with van der Waals surface area (Å²) in [6, 6.07) is 1.84. The first-order chi connectivity index (χ1) is 7.71. The van der Waals surface area contributed by atoms with Crippen molar-refractivity contribution in [2.45, 2.75) is 12.6 Å². The quantitative estimate of drug-likeness (QED) is 0.659. The molecule has 1 N–H and O–H groups in total. The smallest absolute Gasteiger partial charge is 0.419 e.